The van der Waals surface area contributed by atoms with Crippen molar-refractivity contribution in [3.63, 3.8) is 0 Å². The molecule has 92 valence electrons. The molecule has 0 atom stereocenters. The third-order valence-corrected chi connectivity index (χ3v) is 1.86. The molecule has 0 bridgehead atoms. The molecule has 0 radical (unpaired) electrons. The van der Waals surface area contributed by atoms with Crippen molar-refractivity contribution >= 4 is 17.5 Å². The van der Waals surface area contributed by atoms with Gasteiger partial charge in [-0.3, -0.25) is 4.79 Å². The van der Waals surface area contributed by atoms with Crippen LogP contribution in [0.4, 0.5) is 4.39 Å². The summed E-state index contributed by atoms with van der Waals surface area (Å²) in [6.45, 7) is 1.63. The number of benzene rings is 1. The third-order valence-electron chi connectivity index (χ3n) is 1.86. The van der Waals surface area contributed by atoms with Gasteiger partial charge in [-0.15, -0.1) is 0 Å². The summed E-state index contributed by atoms with van der Waals surface area (Å²) in [6, 6.07) is 5.03. The van der Waals surface area contributed by atoms with Crippen LogP contribution in [0.15, 0.2) is 30.3 Å². The summed E-state index contributed by atoms with van der Waals surface area (Å²) in [7, 11) is 0. The van der Waals surface area contributed by atoms with Gasteiger partial charge in [0.1, 0.15) is 11.6 Å². The van der Waals surface area contributed by atoms with E-state index in [1.54, 1.807) is 6.92 Å². The largest absolute Gasteiger partial charge is 1.00 e. The number of esters is 1. The number of ether oxygens (including phenoxy) is 1. The van der Waals surface area contributed by atoms with Crippen molar-refractivity contribution in [1.82, 2.24) is 0 Å². The Morgan fingerprint density at radius 1 is 1.50 bits per heavy atom. The van der Waals surface area contributed by atoms with Gasteiger partial charge in [-0.1, -0.05) is 12.1 Å². The van der Waals surface area contributed by atoms with Gasteiger partial charge in [0, 0.05) is 11.6 Å². The van der Waals surface area contributed by atoms with E-state index in [4.69, 9.17) is 0 Å². The van der Waals surface area contributed by atoms with Crippen molar-refractivity contribution in [3.05, 3.63) is 41.7 Å². The van der Waals surface area contributed by atoms with Gasteiger partial charge in [-0.2, -0.15) is 0 Å². The fraction of sp³-hybridized carbons (Fsp3) is 0.167. The van der Waals surface area contributed by atoms with Crippen LogP contribution >= 0.6 is 0 Å². The number of carbonyl (C=O) groups excluding carboxylic acids is 2. The summed E-state index contributed by atoms with van der Waals surface area (Å²) < 4.78 is 17.3. The van der Waals surface area contributed by atoms with Crippen molar-refractivity contribution < 1.29 is 44.1 Å². The second-order valence-corrected chi connectivity index (χ2v) is 3.12. The fourth-order valence-corrected chi connectivity index (χ4v) is 1.12. The number of carbonyl (C=O) groups is 2. The normalized spacial score (nSPS) is 10.4. The maximum Gasteiger partial charge on any atom is 1.00 e. The van der Waals surface area contributed by atoms with Gasteiger partial charge in [0.2, 0.25) is 0 Å². The molecule has 6 heteroatoms. The van der Waals surface area contributed by atoms with Crippen LogP contribution in [0.3, 0.4) is 0 Å². The fourth-order valence-electron chi connectivity index (χ4n) is 1.12. The average molecular weight is 246 g/mol. The van der Waals surface area contributed by atoms with Gasteiger partial charge in [-0.25, -0.2) is 9.18 Å². The summed E-state index contributed by atoms with van der Waals surface area (Å²) in [4.78, 5) is 22.2. The van der Waals surface area contributed by atoms with Crippen LogP contribution in [0.1, 0.15) is 13.9 Å². The van der Waals surface area contributed by atoms with Gasteiger partial charge in [0.15, 0.2) is 0 Å². The van der Waals surface area contributed by atoms with Crippen molar-refractivity contribution in [2.45, 2.75) is 6.92 Å². The van der Waals surface area contributed by atoms with Crippen LogP contribution in [0.2, 0.25) is 0 Å². The number of aliphatic hydroxyl groups excluding tert-OH is 1. The Morgan fingerprint density at radius 3 is 2.72 bits per heavy atom. The first-order chi connectivity index (χ1) is 8.04. The summed E-state index contributed by atoms with van der Waals surface area (Å²) in [5.74, 6) is -3.09. The molecule has 18 heavy (non-hydrogen) atoms. The standard InChI is InChI=1S/C12H11FO4.Li.H/c1-2-17-12(16)11(15)7-10(14)8-4-3-5-9(13)6-8;;/h3-7,14H,2H2,1H3;;/q;+1;-1. The number of rotatable bonds is 4. The first-order valence-corrected chi connectivity index (χ1v) is 4.92. The second kappa shape index (κ2) is 7.70. The number of hydrogen-bond acceptors (Lipinski definition) is 4. The molecule has 0 aliphatic carbocycles. The van der Waals surface area contributed by atoms with Crippen LogP contribution < -0.4 is 18.9 Å². The van der Waals surface area contributed by atoms with Crippen LogP contribution in [0, 0.1) is 5.82 Å². The number of halogens is 1. The number of aliphatic hydroxyl groups is 1. The van der Waals surface area contributed by atoms with E-state index in [1.165, 1.54) is 18.2 Å². The van der Waals surface area contributed by atoms with Crippen molar-refractivity contribution in [2.75, 3.05) is 6.61 Å². The SMILES string of the molecule is CCOC(=O)C(=O)C=C(O)c1cccc(F)c1.[H-].[Li+]. The monoisotopic (exact) mass is 246 g/mol. The Kier molecular flexibility index (Phi) is 7.02. The molecule has 0 saturated heterocycles. The van der Waals surface area contributed by atoms with Crippen LogP contribution in [-0.2, 0) is 14.3 Å². The summed E-state index contributed by atoms with van der Waals surface area (Å²) in [5, 5.41) is 9.50. The van der Waals surface area contributed by atoms with Gasteiger partial charge in [0.05, 0.1) is 6.61 Å². The smallest absolute Gasteiger partial charge is 1.00 e. The van der Waals surface area contributed by atoms with E-state index in [0.29, 0.717) is 6.08 Å². The summed E-state index contributed by atoms with van der Waals surface area (Å²) >= 11 is 0. The van der Waals surface area contributed by atoms with E-state index >= 15 is 0 Å². The Bertz CT molecular complexity index is 477. The molecular weight excluding hydrogens is 234 g/mol. The van der Waals surface area contributed by atoms with Gasteiger partial charge < -0.3 is 11.3 Å². The van der Waals surface area contributed by atoms with Gasteiger partial charge >= 0.3 is 24.8 Å². The quantitative estimate of drug-likeness (QED) is 0.243. The van der Waals surface area contributed by atoms with Crippen molar-refractivity contribution in [3.8, 4) is 0 Å². The molecule has 0 aliphatic heterocycles. The molecule has 0 unspecified atom stereocenters. The Labute approximate surface area is 117 Å². The van der Waals surface area contributed by atoms with E-state index in [1.807, 2.05) is 0 Å². The predicted octanol–water partition coefficient (Wildman–Crippen LogP) is -1.03. The van der Waals surface area contributed by atoms with Crippen molar-refractivity contribution in [2.24, 2.45) is 0 Å². The summed E-state index contributed by atoms with van der Waals surface area (Å²) in [6.07, 6.45) is 0.701. The Balaban J connectivity index is 0. The second-order valence-electron chi connectivity index (χ2n) is 3.12. The van der Waals surface area contributed by atoms with Crippen LogP contribution in [0.5, 0.6) is 0 Å². The molecule has 0 fully saturated rings. The van der Waals surface area contributed by atoms with E-state index in [-0.39, 0.29) is 32.5 Å². The first-order valence-electron chi connectivity index (χ1n) is 4.92. The Hall–Kier alpha value is -1.57. The molecule has 1 aromatic carbocycles. The molecule has 1 aromatic rings. The zero-order valence-electron chi connectivity index (χ0n) is 11.1. The zero-order valence-corrected chi connectivity index (χ0v) is 10.1. The topological polar surface area (TPSA) is 63.6 Å². The first kappa shape index (κ1) is 16.4. The maximum atomic E-state index is 12.8. The molecule has 0 spiro atoms. The van der Waals surface area contributed by atoms with E-state index in [0.717, 1.165) is 6.07 Å². The van der Waals surface area contributed by atoms with E-state index in [9.17, 15) is 19.1 Å². The third kappa shape index (κ3) is 4.74. The van der Waals surface area contributed by atoms with E-state index < -0.39 is 23.3 Å². The van der Waals surface area contributed by atoms with E-state index in [2.05, 4.69) is 4.74 Å². The predicted molar refractivity (Wildman–Crippen MR) is 59.8 cm³/mol. The summed E-state index contributed by atoms with van der Waals surface area (Å²) in [5.41, 5.74) is 0.114. The maximum absolute atomic E-state index is 12.8. The minimum absolute atomic E-state index is 0. The van der Waals surface area contributed by atoms with Crippen molar-refractivity contribution in [1.29, 1.82) is 0 Å². The molecule has 4 nitrogen and oxygen atoms in total. The van der Waals surface area contributed by atoms with Gasteiger partial charge in [-0.05, 0) is 19.1 Å². The average Bonchev–Trinajstić information content (AvgIpc) is 2.29. The number of ketones is 1. The molecule has 0 aromatic heterocycles. The molecular formula is C12H12FLiO4. The minimum atomic E-state index is -1.06. The number of hydrogen-bond donors (Lipinski definition) is 1. The zero-order chi connectivity index (χ0) is 12.8. The van der Waals surface area contributed by atoms with Crippen LogP contribution in [0.25, 0.3) is 5.76 Å². The van der Waals surface area contributed by atoms with Crippen LogP contribution in [-0.4, -0.2) is 23.5 Å². The minimum Gasteiger partial charge on any atom is -1.00 e. The molecule has 0 saturated carbocycles. The van der Waals surface area contributed by atoms with Gasteiger partial charge in [0.25, 0.3) is 5.78 Å². The molecule has 0 amide bonds. The molecule has 1 N–H and O–H groups in total. The molecule has 0 aliphatic rings. The Morgan fingerprint density at radius 2 is 2.17 bits per heavy atom. The molecule has 0 heterocycles. The molecule has 1 rings (SSSR count).